The summed E-state index contributed by atoms with van der Waals surface area (Å²) in [7, 11) is 0. The van der Waals surface area contributed by atoms with Crippen molar-refractivity contribution in [2.75, 3.05) is 0 Å². The summed E-state index contributed by atoms with van der Waals surface area (Å²) in [5.74, 6) is 1.09. The van der Waals surface area contributed by atoms with Crippen LogP contribution in [0.5, 0.6) is 0 Å². The van der Waals surface area contributed by atoms with Crippen molar-refractivity contribution in [3.8, 4) is 11.3 Å². The summed E-state index contributed by atoms with van der Waals surface area (Å²) in [6.45, 7) is 6.21. The average molecular weight is 253 g/mol. The zero-order valence-corrected chi connectivity index (χ0v) is 11.1. The molecule has 0 N–H and O–H groups in total. The number of aromatic nitrogens is 2. The topological polar surface area (TPSA) is 25.8 Å². The second-order valence-corrected chi connectivity index (χ2v) is 5.54. The van der Waals surface area contributed by atoms with Gasteiger partial charge in [0.2, 0.25) is 0 Å². The molecule has 0 spiro atoms. The van der Waals surface area contributed by atoms with Crippen molar-refractivity contribution < 1.29 is 0 Å². The van der Waals surface area contributed by atoms with Gasteiger partial charge in [0, 0.05) is 27.8 Å². The van der Waals surface area contributed by atoms with Gasteiger partial charge in [-0.25, -0.2) is 9.97 Å². The van der Waals surface area contributed by atoms with Gasteiger partial charge in [-0.05, 0) is 13.0 Å². The van der Waals surface area contributed by atoms with Gasteiger partial charge in [-0.3, -0.25) is 0 Å². The standard InChI is InChI=1S/C12H13ClN2S/c1-7(2)12-14-10(5-11(13)15-12)9-4-8(3)16-6-9/h4-7H,1-3H3. The molecule has 2 nitrogen and oxygen atoms in total. The van der Waals surface area contributed by atoms with Crippen molar-refractivity contribution in [3.63, 3.8) is 0 Å². The Morgan fingerprint density at radius 3 is 2.56 bits per heavy atom. The third-order valence-corrected chi connectivity index (χ3v) is 3.31. The molecule has 2 rings (SSSR count). The summed E-state index contributed by atoms with van der Waals surface area (Å²) in [5, 5.41) is 2.61. The molecule has 2 aromatic rings. The maximum atomic E-state index is 6.00. The van der Waals surface area contributed by atoms with Gasteiger partial charge in [0.05, 0.1) is 5.69 Å². The molecule has 2 aromatic heterocycles. The zero-order valence-electron chi connectivity index (χ0n) is 9.49. The maximum Gasteiger partial charge on any atom is 0.133 e. The Morgan fingerprint density at radius 2 is 2.00 bits per heavy atom. The van der Waals surface area contributed by atoms with Gasteiger partial charge in [0.15, 0.2) is 0 Å². The number of thiophene rings is 1. The fourth-order valence-electron chi connectivity index (χ4n) is 1.42. The minimum atomic E-state index is 0.289. The predicted molar refractivity (Wildman–Crippen MR) is 69.2 cm³/mol. The number of aryl methyl sites for hydroxylation is 1. The lowest BCUT2D eigenvalue weighted by Crippen LogP contribution is -1.98. The number of halogens is 1. The lowest BCUT2D eigenvalue weighted by molar-refractivity contribution is 0.776. The van der Waals surface area contributed by atoms with Crippen molar-refractivity contribution in [1.82, 2.24) is 9.97 Å². The zero-order chi connectivity index (χ0) is 11.7. The minimum absolute atomic E-state index is 0.289. The molecule has 0 amide bonds. The van der Waals surface area contributed by atoms with Gasteiger partial charge in [-0.1, -0.05) is 25.4 Å². The van der Waals surface area contributed by atoms with E-state index in [2.05, 4.69) is 42.2 Å². The van der Waals surface area contributed by atoms with Gasteiger partial charge in [0.25, 0.3) is 0 Å². The number of hydrogen-bond donors (Lipinski definition) is 0. The molecule has 0 aromatic carbocycles. The van der Waals surface area contributed by atoms with Crippen molar-refractivity contribution >= 4 is 22.9 Å². The van der Waals surface area contributed by atoms with E-state index >= 15 is 0 Å². The number of rotatable bonds is 2. The molecule has 2 heterocycles. The van der Waals surface area contributed by atoms with Crippen LogP contribution in [0.3, 0.4) is 0 Å². The highest BCUT2D eigenvalue weighted by Crippen LogP contribution is 2.26. The van der Waals surface area contributed by atoms with Gasteiger partial charge >= 0.3 is 0 Å². The van der Waals surface area contributed by atoms with Crippen molar-refractivity contribution in [1.29, 1.82) is 0 Å². The molecule has 0 aliphatic heterocycles. The summed E-state index contributed by atoms with van der Waals surface area (Å²) in [6.07, 6.45) is 0. The lowest BCUT2D eigenvalue weighted by atomic mass is 10.2. The lowest BCUT2D eigenvalue weighted by Gasteiger charge is -2.06. The van der Waals surface area contributed by atoms with Gasteiger partial charge in [0.1, 0.15) is 11.0 Å². The van der Waals surface area contributed by atoms with E-state index in [-0.39, 0.29) is 5.92 Å². The highest BCUT2D eigenvalue weighted by atomic mass is 35.5. The highest BCUT2D eigenvalue weighted by Gasteiger charge is 2.09. The largest absolute Gasteiger partial charge is 0.232 e. The molecule has 0 saturated carbocycles. The van der Waals surface area contributed by atoms with Crippen molar-refractivity contribution in [2.24, 2.45) is 0 Å². The summed E-state index contributed by atoms with van der Waals surface area (Å²) in [5.41, 5.74) is 2.03. The van der Waals surface area contributed by atoms with E-state index in [0.29, 0.717) is 5.15 Å². The Balaban J connectivity index is 2.49. The molecule has 0 saturated heterocycles. The van der Waals surface area contributed by atoms with E-state index in [1.165, 1.54) is 4.88 Å². The summed E-state index contributed by atoms with van der Waals surface area (Å²) in [6, 6.07) is 3.93. The van der Waals surface area contributed by atoms with Crippen molar-refractivity contribution in [3.05, 3.63) is 33.4 Å². The van der Waals surface area contributed by atoms with Crippen LogP contribution >= 0.6 is 22.9 Å². The molecule has 16 heavy (non-hydrogen) atoms. The van der Waals surface area contributed by atoms with E-state index < -0.39 is 0 Å². The van der Waals surface area contributed by atoms with E-state index in [1.54, 1.807) is 11.3 Å². The molecule has 4 heteroatoms. The smallest absolute Gasteiger partial charge is 0.133 e. The molecular weight excluding hydrogens is 240 g/mol. The number of nitrogens with zero attached hydrogens (tertiary/aromatic N) is 2. The first-order chi connectivity index (χ1) is 7.56. The maximum absolute atomic E-state index is 6.00. The van der Waals surface area contributed by atoms with Crippen LogP contribution in [0.4, 0.5) is 0 Å². The van der Waals surface area contributed by atoms with Crippen molar-refractivity contribution in [2.45, 2.75) is 26.7 Å². The molecular formula is C12H13ClN2S. The quantitative estimate of drug-likeness (QED) is 0.745. The fraction of sp³-hybridized carbons (Fsp3) is 0.333. The molecule has 0 radical (unpaired) electrons. The molecule has 0 fully saturated rings. The highest BCUT2D eigenvalue weighted by molar-refractivity contribution is 7.10. The number of hydrogen-bond acceptors (Lipinski definition) is 3. The Bertz CT molecular complexity index is 505. The average Bonchev–Trinajstić information content (AvgIpc) is 2.64. The monoisotopic (exact) mass is 252 g/mol. The van der Waals surface area contributed by atoms with Crippen LogP contribution in [-0.2, 0) is 0 Å². The Morgan fingerprint density at radius 1 is 1.25 bits per heavy atom. The molecule has 0 bridgehead atoms. The van der Waals surface area contributed by atoms with Crippen LogP contribution in [0.25, 0.3) is 11.3 Å². The molecule has 0 aliphatic rings. The Labute approximate surface area is 104 Å². The second kappa shape index (κ2) is 4.52. The van der Waals surface area contributed by atoms with E-state index in [4.69, 9.17) is 11.6 Å². The third-order valence-electron chi connectivity index (χ3n) is 2.25. The van der Waals surface area contributed by atoms with E-state index in [1.807, 2.05) is 6.07 Å². The fourth-order valence-corrected chi connectivity index (χ4v) is 2.31. The molecule has 0 aliphatic carbocycles. The van der Waals surface area contributed by atoms with Crippen LogP contribution in [0, 0.1) is 6.92 Å². The summed E-state index contributed by atoms with van der Waals surface area (Å²) >= 11 is 7.72. The second-order valence-electron chi connectivity index (χ2n) is 4.03. The van der Waals surface area contributed by atoms with E-state index in [9.17, 15) is 0 Å². The first-order valence-corrected chi connectivity index (χ1v) is 6.42. The van der Waals surface area contributed by atoms with Crippen LogP contribution < -0.4 is 0 Å². The first kappa shape index (κ1) is 11.6. The predicted octanol–water partition coefficient (Wildman–Crippen LogP) is 4.29. The minimum Gasteiger partial charge on any atom is -0.232 e. The van der Waals surface area contributed by atoms with E-state index in [0.717, 1.165) is 17.1 Å². The van der Waals surface area contributed by atoms with Crippen LogP contribution in [-0.4, -0.2) is 9.97 Å². The van der Waals surface area contributed by atoms with Crippen LogP contribution in [0.1, 0.15) is 30.5 Å². The first-order valence-electron chi connectivity index (χ1n) is 5.16. The molecule has 0 unspecified atom stereocenters. The third kappa shape index (κ3) is 2.42. The summed E-state index contributed by atoms with van der Waals surface area (Å²) < 4.78 is 0. The molecule has 0 atom stereocenters. The van der Waals surface area contributed by atoms with Gasteiger partial charge in [-0.15, -0.1) is 11.3 Å². The van der Waals surface area contributed by atoms with Crippen LogP contribution in [0.2, 0.25) is 5.15 Å². The molecule has 84 valence electrons. The normalized spacial score (nSPS) is 11.1. The van der Waals surface area contributed by atoms with Gasteiger partial charge in [-0.2, -0.15) is 0 Å². The Kier molecular flexibility index (Phi) is 3.26. The Hall–Kier alpha value is -0.930. The van der Waals surface area contributed by atoms with Gasteiger partial charge < -0.3 is 0 Å². The SMILES string of the molecule is Cc1cc(-c2cc(Cl)nc(C(C)C)n2)cs1. The van der Waals surface area contributed by atoms with Crippen LogP contribution in [0.15, 0.2) is 17.5 Å². The summed E-state index contributed by atoms with van der Waals surface area (Å²) in [4.78, 5) is 10.0.